The van der Waals surface area contributed by atoms with Gasteiger partial charge in [-0.05, 0) is 36.4 Å². The molecule has 3 aromatic rings. The zero-order valence-corrected chi connectivity index (χ0v) is 10.3. The first-order valence-corrected chi connectivity index (χ1v) is 5.73. The maximum Gasteiger partial charge on any atom is 0.337 e. The summed E-state index contributed by atoms with van der Waals surface area (Å²) in [6, 6.07) is 10.4. The monoisotopic (exact) mass is 253 g/mol. The van der Waals surface area contributed by atoms with Crippen LogP contribution in [-0.2, 0) is 4.74 Å². The van der Waals surface area contributed by atoms with Gasteiger partial charge in [-0.25, -0.2) is 14.8 Å². The van der Waals surface area contributed by atoms with Crippen LogP contribution in [0.4, 0.5) is 5.69 Å². The van der Waals surface area contributed by atoms with Crippen LogP contribution in [0.1, 0.15) is 10.4 Å². The number of methoxy groups -OCH3 is 1. The quantitative estimate of drug-likeness (QED) is 0.408. The summed E-state index contributed by atoms with van der Waals surface area (Å²) in [6.45, 7) is 0. The lowest BCUT2D eigenvalue weighted by molar-refractivity contribution is 0.0601. The number of esters is 1. The number of ether oxygens (including phenoxy) is 1. The highest BCUT2D eigenvalue weighted by molar-refractivity contribution is 5.95. The van der Waals surface area contributed by atoms with E-state index in [9.17, 15) is 4.79 Å². The maximum absolute atomic E-state index is 11.5. The Morgan fingerprint density at radius 3 is 2.32 bits per heavy atom. The number of aromatic nitrogens is 2. The van der Waals surface area contributed by atoms with E-state index in [0.29, 0.717) is 22.3 Å². The molecule has 0 saturated carbocycles. The minimum absolute atomic E-state index is 0.388. The molecule has 0 amide bonds. The third-order valence-corrected chi connectivity index (χ3v) is 2.88. The number of fused-ring (bicyclic) bond motifs is 2. The van der Waals surface area contributed by atoms with Crippen LogP contribution < -0.4 is 5.73 Å². The highest BCUT2D eigenvalue weighted by Gasteiger charge is 2.08. The predicted octanol–water partition coefficient (Wildman–Crippen LogP) is 2.15. The number of hydrogen-bond donors (Lipinski definition) is 1. The zero-order valence-electron chi connectivity index (χ0n) is 10.3. The van der Waals surface area contributed by atoms with Crippen molar-refractivity contribution in [3.05, 3.63) is 42.0 Å². The molecule has 0 fully saturated rings. The molecule has 0 aliphatic heterocycles. The Balaban J connectivity index is 2.26. The summed E-state index contributed by atoms with van der Waals surface area (Å²) in [6.07, 6.45) is 0. The second-order valence-electron chi connectivity index (χ2n) is 4.17. The smallest absolute Gasteiger partial charge is 0.337 e. The molecule has 3 rings (SSSR count). The Kier molecular flexibility index (Phi) is 2.52. The van der Waals surface area contributed by atoms with Gasteiger partial charge >= 0.3 is 5.97 Å². The number of nitrogen functional groups attached to an aromatic ring is 1. The SMILES string of the molecule is COC(=O)c1ccc2nc3cc(N)ccc3nc2c1. The van der Waals surface area contributed by atoms with Gasteiger partial charge in [-0.1, -0.05) is 0 Å². The summed E-state index contributed by atoms with van der Waals surface area (Å²) in [4.78, 5) is 20.4. The molecule has 0 radical (unpaired) electrons. The lowest BCUT2D eigenvalue weighted by Gasteiger charge is -2.04. The highest BCUT2D eigenvalue weighted by Crippen LogP contribution is 2.19. The number of benzene rings is 2. The predicted molar refractivity (Wildman–Crippen MR) is 72.8 cm³/mol. The number of nitrogens with zero attached hydrogens (tertiary/aromatic N) is 2. The lowest BCUT2D eigenvalue weighted by Crippen LogP contribution is -2.01. The fourth-order valence-electron chi connectivity index (χ4n) is 1.94. The fourth-order valence-corrected chi connectivity index (χ4v) is 1.94. The van der Waals surface area contributed by atoms with Crippen molar-refractivity contribution in [2.75, 3.05) is 12.8 Å². The largest absolute Gasteiger partial charge is 0.465 e. The van der Waals surface area contributed by atoms with Gasteiger partial charge in [-0.2, -0.15) is 0 Å². The first kappa shape index (κ1) is 11.4. The molecule has 19 heavy (non-hydrogen) atoms. The van der Waals surface area contributed by atoms with E-state index >= 15 is 0 Å². The van der Waals surface area contributed by atoms with Crippen LogP contribution in [0.2, 0.25) is 0 Å². The molecule has 5 nitrogen and oxygen atoms in total. The highest BCUT2D eigenvalue weighted by atomic mass is 16.5. The van der Waals surface area contributed by atoms with Gasteiger partial charge < -0.3 is 10.5 Å². The molecule has 1 aromatic heterocycles. The molecule has 5 heteroatoms. The topological polar surface area (TPSA) is 78.1 Å². The molecule has 0 atom stereocenters. The van der Waals surface area contributed by atoms with Crippen LogP contribution in [0.15, 0.2) is 36.4 Å². The van der Waals surface area contributed by atoms with Crippen LogP contribution >= 0.6 is 0 Å². The molecule has 2 aromatic carbocycles. The van der Waals surface area contributed by atoms with E-state index < -0.39 is 0 Å². The van der Waals surface area contributed by atoms with Gasteiger partial charge in [0, 0.05) is 5.69 Å². The van der Waals surface area contributed by atoms with Crippen LogP contribution in [0.25, 0.3) is 22.1 Å². The summed E-state index contributed by atoms with van der Waals surface area (Å²) in [7, 11) is 1.35. The molecule has 0 aliphatic rings. The molecule has 0 unspecified atom stereocenters. The molecular weight excluding hydrogens is 242 g/mol. The van der Waals surface area contributed by atoms with Gasteiger partial charge in [0.15, 0.2) is 0 Å². The Bertz CT molecular complexity index is 799. The van der Waals surface area contributed by atoms with E-state index in [0.717, 1.165) is 11.0 Å². The van der Waals surface area contributed by atoms with E-state index in [2.05, 4.69) is 14.7 Å². The summed E-state index contributed by atoms with van der Waals surface area (Å²) < 4.78 is 4.68. The average Bonchev–Trinajstić information content (AvgIpc) is 2.43. The summed E-state index contributed by atoms with van der Waals surface area (Å²) in [5.41, 5.74) is 9.66. The van der Waals surface area contributed by atoms with Gasteiger partial charge in [0.25, 0.3) is 0 Å². The number of rotatable bonds is 1. The van der Waals surface area contributed by atoms with Crippen LogP contribution in [0.5, 0.6) is 0 Å². The zero-order chi connectivity index (χ0) is 13.4. The molecule has 94 valence electrons. The molecule has 0 bridgehead atoms. The van der Waals surface area contributed by atoms with Gasteiger partial charge in [-0.3, -0.25) is 0 Å². The van der Waals surface area contributed by atoms with Crippen molar-refractivity contribution in [1.82, 2.24) is 9.97 Å². The molecule has 1 heterocycles. The van der Waals surface area contributed by atoms with Crippen LogP contribution in [0.3, 0.4) is 0 Å². The maximum atomic E-state index is 11.5. The van der Waals surface area contributed by atoms with Crippen molar-refractivity contribution in [3.8, 4) is 0 Å². The lowest BCUT2D eigenvalue weighted by atomic mass is 10.2. The summed E-state index contributed by atoms with van der Waals surface area (Å²) in [5.74, 6) is -0.388. The summed E-state index contributed by atoms with van der Waals surface area (Å²) >= 11 is 0. The van der Waals surface area contributed by atoms with Crippen molar-refractivity contribution in [2.45, 2.75) is 0 Å². The molecule has 0 spiro atoms. The van der Waals surface area contributed by atoms with Crippen molar-refractivity contribution in [1.29, 1.82) is 0 Å². The number of anilines is 1. The molecule has 2 N–H and O–H groups in total. The first-order chi connectivity index (χ1) is 9.17. The molecule has 0 aliphatic carbocycles. The van der Waals surface area contributed by atoms with Gasteiger partial charge in [-0.15, -0.1) is 0 Å². The standard InChI is InChI=1S/C14H11N3O2/c1-19-14(18)8-2-4-10-12(6-8)16-11-5-3-9(15)7-13(11)17-10/h2-7H,15H2,1H3. The van der Waals surface area contributed by atoms with E-state index in [-0.39, 0.29) is 5.97 Å². The molecular formula is C14H11N3O2. The second-order valence-corrected chi connectivity index (χ2v) is 4.17. The minimum atomic E-state index is -0.388. The number of nitrogens with two attached hydrogens (primary N) is 1. The Morgan fingerprint density at radius 1 is 1.00 bits per heavy atom. The average molecular weight is 253 g/mol. The fraction of sp³-hybridized carbons (Fsp3) is 0.0714. The van der Waals surface area contributed by atoms with Crippen molar-refractivity contribution >= 4 is 33.7 Å². The van der Waals surface area contributed by atoms with Crippen molar-refractivity contribution in [3.63, 3.8) is 0 Å². The van der Waals surface area contributed by atoms with Crippen LogP contribution in [0, 0.1) is 0 Å². The van der Waals surface area contributed by atoms with E-state index in [1.165, 1.54) is 7.11 Å². The third-order valence-electron chi connectivity index (χ3n) is 2.88. The Hall–Kier alpha value is -2.69. The van der Waals surface area contributed by atoms with E-state index in [1.54, 1.807) is 30.3 Å². The normalized spacial score (nSPS) is 10.8. The van der Waals surface area contributed by atoms with E-state index in [4.69, 9.17) is 5.73 Å². The Labute approximate surface area is 109 Å². The summed E-state index contributed by atoms with van der Waals surface area (Å²) in [5, 5.41) is 0. The number of carbonyl (C=O) groups is 1. The number of hydrogen-bond acceptors (Lipinski definition) is 5. The minimum Gasteiger partial charge on any atom is -0.465 e. The van der Waals surface area contributed by atoms with Crippen molar-refractivity contribution < 1.29 is 9.53 Å². The Morgan fingerprint density at radius 2 is 1.63 bits per heavy atom. The van der Waals surface area contributed by atoms with Crippen molar-refractivity contribution in [2.24, 2.45) is 0 Å². The van der Waals surface area contributed by atoms with Gasteiger partial charge in [0.2, 0.25) is 0 Å². The first-order valence-electron chi connectivity index (χ1n) is 5.73. The number of carbonyl (C=O) groups excluding carboxylic acids is 1. The third kappa shape index (κ3) is 1.95. The second kappa shape index (κ2) is 4.20. The van der Waals surface area contributed by atoms with E-state index in [1.807, 2.05) is 6.07 Å². The molecule has 0 saturated heterocycles. The van der Waals surface area contributed by atoms with Crippen LogP contribution in [-0.4, -0.2) is 23.0 Å². The van der Waals surface area contributed by atoms with Gasteiger partial charge in [0.05, 0.1) is 34.7 Å². The van der Waals surface area contributed by atoms with Gasteiger partial charge in [0.1, 0.15) is 0 Å².